The summed E-state index contributed by atoms with van der Waals surface area (Å²) in [5.41, 5.74) is 5.68. The van der Waals surface area contributed by atoms with Gasteiger partial charge in [0.15, 0.2) is 0 Å². The number of imidazole rings is 1. The monoisotopic (exact) mass is 362 g/mol. The third-order valence-electron chi connectivity index (χ3n) is 4.93. The normalized spacial score (nSPS) is 12.4. The van der Waals surface area contributed by atoms with Crippen LogP contribution < -0.4 is 0 Å². The molecular weight excluding hydrogens is 332 g/mol. The minimum atomic E-state index is -0.163. The molecule has 142 valence electrons. The lowest BCUT2D eigenvalue weighted by molar-refractivity contribution is 0.423. The van der Waals surface area contributed by atoms with Crippen LogP contribution >= 0.6 is 0 Å². The summed E-state index contributed by atoms with van der Waals surface area (Å²) >= 11 is 0. The van der Waals surface area contributed by atoms with E-state index in [1.165, 1.54) is 0 Å². The molecule has 1 heterocycles. The molecule has 0 aliphatic rings. The molecule has 0 unspecified atom stereocenters. The molecule has 3 rings (SSSR count). The first-order valence-electron chi connectivity index (χ1n) is 9.49. The summed E-state index contributed by atoms with van der Waals surface area (Å²) in [6.45, 7) is 14.8. The molecular formula is C24H30N2O. The largest absolute Gasteiger partial charge is 0.507 e. The van der Waals surface area contributed by atoms with E-state index in [2.05, 4.69) is 77.7 Å². The van der Waals surface area contributed by atoms with Crippen molar-refractivity contribution in [3.63, 3.8) is 0 Å². The Labute approximate surface area is 162 Å². The second-order valence-electron chi connectivity index (χ2n) is 9.35. The van der Waals surface area contributed by atoms with Crippen LogP contribution in [0.3, 0.4) is 0 Å². The molecule has 0 spiro atoms. The Morgan fingerprint density at radius 2 is 1.33 bits per heavy atom. The SMILES string of the molecule is Cc1[nH]c(-c2cc(C(C)(C)C)c(O)c(C(C)(C)C)c2)nc1-c1ccccc1. The van der Waals surface area contributed by atoms with Crippen LogP contribution in [0.1, 0.15) is 58.4 Å². The highest BCUT2D eigenvalue weighted by atomic mass is 16.3. The van der Waals surface area contributed by atoms with Crippen molar-refractivity contribution in [2.24, 2.45) is 0 Å². The first kappa shape index (κ1) is 19.2. The first-order chi connectivity index (χ1) is 12.5. The van der Waals surface area contributed by atoms with Crippen molar-refractivity contribution in [1.82, 2.24) is 9.97 Å². The van der Waals surface area contributed by atoms with E-state index in [0.29, 0.717) is 5.75 Å². The fourth-order valence-electron chi connectivity index (χ4n) is 3.39. The maximum atomic E-state index is 10.9. The van der Waals surface area contributed by atoms with Gasteiger partial charge in [0.2, 0.25) is 0 Å². The van der Waals surface area contributed by atoms with Crippen molar-refractivity contribution in [2.75, 3.05) is 0 Å². The van der Waals surface area contributed by atoms with E-state index in [0.717, 1.165) is 39.5 Å². The predicted octanol–water partition coefficient (Wildman–Crippen LogP) is 6.35. The number of benzene rings is 2. The van der Waals surface area contributed by atoms with Crippen LogP contribution in [0.15, 0.2) is 42.5 Å². The van der Waals surface area contributed by atoms with Crippen LogP contribution in [-0.2, 0) is 10.8 Å². The maximum Gasteiger partial charge on any atom is 0.138 e. The lowest BCUT2D eigenvalue weighted by Crippen LogP contribution is -2.17. The van der Waals surface area contributed by atoms with Crippen LogP contribution in [0.4, 0.5) is 0 Å². The van der Waals surface area contributed by atoms with E-state index < -0.39 is 0 Å². The Kier molecular flexibility index (Phi) is 4.67. The zero-order valence-corrected chi connectivity index (χ0v) is 17.4. The number of aromatic hydroxyl groups is 1. The number of aromatic nitrogens is 2. The minimum absolute atomic E-state index is 0.163. The zero-order chi connectivity index (χ0) is 20.0. The number of nitrogens with zero attached hydrogens (tertiary/aromatic N) is 1. The van der Waals surface area contributed by atoms with Gasteiger partial charge in [0.25, 0.3) is 0 Å². The number of rotatable bonds is 2. The van der Waals surface area contributed by atoms with Crippen molar-refractivity contribution in [1.29, 1.82) is 0 Å². The Morgan fingerprint density at radius 3 is 1.81 bits per heavy atom. The highest BCUT2D eigenvalue weighted by Gasteiger charge is 2.27. The van der Waals surface area contributed by atoms with E-state index in [9.17, 15) is 5.11 Å². The van der Waals surface area contributed by atoms with Crippen molar-refractivity contribution < 1.29 is 5.11 Å². The topological polar surface area (TPSA) is 48.9 Å². The number of aromatic amines is 1. The number of hydrogen-bond donors (Lipinski definition) is 2. The van der Waals surface area contributed by atoms with Crippen molar-refractivity contribution in [3.8, 4) is 28.4 Å². The summed E-state index contributed by atoms with van der Waals surface area (Å²) < 4.78 is 0. The molecule has 0 amide bonds. The van der Waals surface area contributed by atoms with Crippen LogP contribution in [0.25, 0.3) is 22.6 Å². The Morgan fingerprint density at radius 1 is 0.815 bits per heavy atom. The fourth-order valence-corrected chi connectivity index (χ4v) is 3.39. The molecule has 3 heteroatoms. The first-order valence-corrected chi connectivity index (χ1v) is 9.49. The number of hydrogen-bond acceptors (Lipinski definition) is 2. The Bertz CT molecular complexity index is 919. The van der Waals surface area contributed by atoms with Gasteiger partial charge in [0.1, 0.15) is 11.6 Å². The van der Waals surface area contributed by atoms with Crippen molar-refractivity contribution in [3.05, 3.63) is 59.3 Å². The van der Waals surface area contributed by atoms with Crippen LogP contribution in [-0.4, -0.2) is 15.1 Å². The summed E-state index contributed by atoms with van der Waals surface area (Å²) in [4.78, 5) is 8.33. The lowest BCUT2D eigenvalue weighted by atomic mass is 9.78. The van der Waals surface area contributed by atoms with Gasteiger partial charge in [-0.2, -0.15) is 0 Å². The predicted molar refractivity (Wildman–Crippen MR) is 113 cm³/mol. The molecule has 27 heavy (non-hydrogen) atoms. The number of phenolic OH excluding ortho intramolecular Hbond substituents is 1. The van der Waals surface area contributed by atoms with E-state index in [1.807, 2.05) is 18.2 Å². The lowest BCUT2D eigenvalue weighted by Gasteiger charge is -2.28. The molecule has 0 saturated heterocycles. The summed E-state index contributed by atoms with van der Waals surface area (Å²) in [7, 11) is 0. The van der Waals surface area contributed by atoms with Crippen molar-refractivity contribution >= 4 is 0 Å². The molecule has 2 aromatic carbocycles. The van der Waals surface area contributed by atoms with E-state index in [4.69, 9.17) is 4.98 Å². The van der Waals surface area contributed by atoms with E-state index in [1.54, 1.807) is 0 Å². The van der Waals surface area contributed by atoms with E-state index in [-0.39, 0.29) is 10.8 Å². The second-order valence-corrected chi connectivity index (χ2v) is 9.35. The van der Waals surface area contributed by atoms with Gasteiger partial charge >= 0.3 is 0 Å². The van der Waals surface area contributed by atoms with Gasteiger partial charge in [-0.15, -0.1) is 0 Å². The van der Waals surface area contributed by atoms with Gasteiger partial charge in [-0.05, 0) is 29.9 Å². The number of phenols is 1. The van der Waals surface area contributed by atoms with Crippen LogP contribution in [0.2, 0.25) is 0 Å². The van der Waals surface area contributed by atoms with Gasteiger partial charge in [-0.1, -0.05) is 71.9 Å². The molecule has 1 aromatic heterocycles. The molecule has 3 aromatic rings. The van der Waals surface area contributed by atoms with Gasteiger partial charge in [0, 0.05) is 27.9 Å². The van der Waals surface area contributed by atoms with Gasteiger partial charge in [-0.3, -0.25) is 0 Å². The molecule has 0 saturated carbocycles. The smallest absolute Gasteiger partial charge is 0.138 e. The molecule has 0 radical (unpaired) electrons. The quantitative estimate of drug-likeness (QED) is 0.558. The van der Waals surface area contributed by atoms with Crippen molar-refractivity contribution in [2.45, 2.75) is 59.3 Å². The zero-order valence-electron chi connectivity index (χ0n) is 17.4. The molecule has 3 nitrogen and oxygen atoms in total. The molecule has 0 bridgehead atoms. The van der Waals surface area contributed by atoms with E-state index >= 15 is 0 Å². The molecule has 0 aliphatic carbocycles. The average molecular weight is 363 g/mol. The average Bonchev–Trinajstić information content (AvgIpc) is 2.95. The fraction of sp³-hybridized carbons (Fsp3) is 0.375. The number of nitrogens with one attached hydrogen (secondary N) is 1. The third kappa shape index (κ3) is 3.78. The highest BCUT2D eigenvalue weighted by molar-refractivity contribution is 5.69. The standard InChI is InChI=1S/C24H30N2O/c1-15-20(16-11-9-8-10-12-16)26-22(25-15)17-13-18(23(2,3)4)21(27)19(14-17)24(5,6)7/h8-14,27H,1-7H3,(H,25,26). The molecule has 0 fully saturated rings. The minimum Gasteiger partial charge on any atom is -0.507 e. The summed E-state index contributed by atoms with van der Waals surface area (Å²) in [6, 6.07) is 14.3. The van der Waals surface area contributed by atoms with Gasteiger partial charge in [-0.25, -0.2) is 4.98 Å². The second kappa shape index (κ2) is 6.56. The third-order valence-corrected chi connectivity index (χ3v) is 4.93. The Balaban J connectivity index is 2.21. The molecule has 0 atom stereocenters. The van der Waals surface area contributed by atoms with Crippen LogP contribution in [0, 0.1) is 6.92 Å². The van der Waals surface area contributed by atoms with Gasteiger partial charge < -0.3 is 10.1 Å². The number of aryl methyl sites for hydroxylation is 1. The van der Waals surface area contributed by atoms with Crippen LogP contribution in [0.5, 0.6) is 5.75 Å². The van der Waals surface area contributed by atoms with Gasteiger partial charge in [0.05, 0.1) is 5.69 Å². The summed E-state index contributed by atoms with van der Waals surface area (Å²) in [6.07, 6.45) is 0. The highest BCUT2D eigenvalue weighted by Crippen LogP contribution is 2.41. The maximum absolute atomic E-state index is 10.9. The Hall–Kier alpha value is -2.55. The summed E-state index contributed by atoms with van der Waals surface area (Å²) in [5, 5.41) is 10.9. The summed E-state index contributed by atoms with van der Waals surface area (Å²) in [5.74, 6) is 1.23. The molecule has 2 N–H and O–H groups in total. The molecule has 0 aliphatic heterocycles. The number of H-pyrrole nitrogens is 1.